The first-order valence-electron chi connectivity index (χ1n) is 10.4. The Morgan fingerprint density at radius 2 is 1.65 bits per heavy atom. The van der Waals surface area contributed by atoms with Gasteiger partial charge in [-0.25, -0.2) is 14.9 Å². The predicted molar refractivity (Wildman–Crippen MR) is 128 cm³/mol. The van der Waals surface area contributed by atoms with Crippen molar-refractivity contribution in [2.75, 3.05) is 14.2 Å². The maximum atomic E-state index is 13.0. The molecule has 8 heteroatoms. The second-order valence-electron chi connectivity index (χ2n) is 7.20. The third-order valence-electron chi connectivity index (χ3n) is 5.04. The monoisotopic (exact) mass is 454 g/mol. The molecule has 4 rings (SSSR count). The Hall–Kier alpha value is -4.72. The van der Waals surface area contributed by atoms with Crippen LogP contribution in [0.5, 0.6) is 5.75 Å². The van der Waals surface area contributed by atoms with E-state index in [4.69, 9.17) is 4.74 Å². The number of methoxy groups -OCH3 is 2. The van der Waals surface area contributed by atoms with Crippen LogP contribution in [-0.4, -0.2) is 42.1 Å². The summed E-state index contributed by atoms with van der Waals surface area (Å²) < 4.78 is 11.5. The Balaban J connectivity index is 1.57. The lowest BCUT2D eigenvalue weighted by Crippen LogP contribution is -2.21. The fourth-order valence-electron chi connectivity index (χ4n) is 3.26. The van der Waals surface area contributed by atoms with E-state index in [0.29, 0.717) is 22.5 Å². The number of nitrogens with one attached hydrogen (secondary N) is 1. The Labute approximate surface area is 196 Å². The number of amides is 1. The summed E-state index contributed by atoms with van der Waals surface area (Å²) in [5.41, 5.74) is 6.25. The van der Waals surface area contributed by atoms with Crippen molar-refractivity contribution in [1.82, 2.24) is 15.2 Å². The molecular weight excluding hydrogens is 432 g/mol. The van der Waals surface area contributed by atoms with Crippen molar-refractivity contribution in [1.29, 1.82) is 0 Å². The van der Waals surface area contributed by atoms with Gasteiger partial charge in [-0.1, -0.05) is 30.3 Å². The molecule has 34 heavy (non-hydrogen) atoms. The molecule has 0 atom stereocenters. The molecule has 0 spiro atoms. The van der Waals surface area contributed by atoms with Crippen LogP contribution in [0.15, 0.2) is 90.0 Å². The minimum Gasteiger partial charge on any atom is -0.497 e. The number of hydrogen-bond acceptors (Lipinski definition) is 6. The van der Waals surface area contributed by atoms with Gasteiger partial charge in [0.05, 0.1) is 37.4 Å². The van der Waals surface area contributed by atoms with Gasteiger partial charge in [0.1, 0.15) is 11.4 Å². The number of rotatable bonds is 7. The van der Waals surface area contributed by atoms with Crippen molar-refractivity contribution in [3.05, 3.63) is 102 Å². The maximum absolute atomic E-state index is 13.0. The molecule has 0 saturated heterocycles. The zero-order valence-corrected chi connectivity index (χ0v) is 18.6. The van der Waals surface area contributed by atoms with Crippen LogP contribution in [0.1, 0.15) is 26.4 Å². The van der Waals surface area contributed by atoms with E-state index in [2.05, 4.69) is 20.4 Å². The van der Waals surface area contributed by atoms with Gasteiger partial charge in [-0.2, -0.15) is 10.2 Å². The van der Waals surface area contributed by atoms with Crippen LogP contribution in [-0.2, 0) is 4.74 Å². The summed E-state index contributed by atoms with van der Waals surface area (Å²) >= 11 is 0. The highest BCUT2D eigenvalue weighted by Gasteiger charge is 2.17. The molecule has 0 aliphatic rings. The molecule has 0 aliphatic heterocycles. The van der Waals surface area contributed by atoms with Crippen molar-refractivity contribution < 1.29 is 19.1 Å². The van der Waals surface area contributed by atoms with Crippen LogP contribution in [0.25, 0.3) is 16.9 Å². The number of esters is 1. The number of hydrogen-bond donors (Lipinski definition) is 1. The second kappa shape index (κ2) is 10.3. The van der Waals surface area contributed by atoms with E-state index in [0.717, 1.165) is 17.0 Å². The van der Waals surface area contributed by atoms with Gasteiger partial charge in [-0.15, -0.1) is 0 Å². The van der Waals surface area contributed by atoms with Crippen LogP contribution in [0.4, 0.5) is 0 Å². The third-order valence-corrected chi connectivity index (χ3v) is 5.04. The molecular formula is C26H22N4O4. The van der Waals surface area contributed by atoms with Gasteiger partial charge in [0.15, 0.2) is 0 Å². The summed E-state index contributed by atoms with van der Waals surface area (Å²) in [5.74, 6) is -0.102. The molecule has 0 radical (unpaired) electrons. The number of carbonyl (C=O) groups excluding carboxylic acids is 2. The molecule has 1 heterocycles. The standard InChI is InChI=1S/C26H22N4O4/c1-33-22-14-12-19(13-15-22)23-16-24(30(29-23)21-6-4-3-5-7-21)25(31)28-27-17-18-8-10-20(11-9-18)26(32)34-2/h3-17H,1-2H3,(H,28,31). The lowest BCUT2D eigenvalue weighted by molar-refractivity contribution is 0.0600. The molecule has 170 valence electrons. The smallest absolute Gasteiger partial charge is 0.337 e. The Morgan fingerprint density at radius 1 is 0.941 bits per heavy atom. The van der Waals surface area contributed by atoms with Crippen LogP contribution in [0.3, 0.4) is 0 Å². The molecule has 1 N–H and O–H groups in total. The Morgan fingerprint density at radius 3 is 2.29 bits per heavy atom. The van der Waals surface area contributed by atoms with Gasteiger partial charge >= 0.3 is 5.97 Å². The molecule has 0 saturated carbocycles. The van der Waals surface area contributed by atoms with E-state index in [1.54, 1.807) is 42.1 Å². The number of para-hydroxylation sites is 1. The van der Waals surface area contributed by atoms with Gasteiger partial charge in [0.2, 0.25) is 0 Å². The number of hydrazone groups is 1. The number of aromatic nitrogens is 2. The summed E-state index contributed by atoms with van der Waals surface area (Å²) in [4.78, 5) is 24.5. The molecule has 0 bridgehead atoms. The first-order valence-corrected chi connectivity index (χ1v) is 10.4. The zero-order chi connectivity index (χ0) is 23.9. The van der Waals surface area contributed by atoms with Crippen molar-refractivity contribution in [3.8, 4) is 22.7 Å². The third kappa shape index (κ3) is 5.02. The summed E-state index contributed by atoms with van der Waals surface area (Å²) in [5, 5.41) is 8.70. The number of carbonyl (C=O) groups is 2. The van der Waals surface area contributed by atoms with Crippen molar-refractivity contribution in [3.63, 3.8) is 0 Å². The fraction of sp³-hybridized carbons (Fsp3) is 0.0769. The molecule has 0 unspecified atom stereocenters. The van der Waals surface area contributed by atoms with E-state index in [1.807, 2.05) is 54.6 Å². The number of ether oxygens (including phenoxy) is 2. The minimum atomic E-state index is -0.418. The predicted octanol–water partition coefficient (Wildman–Crippen LogP) is 4.10. The van der Waals surface area contributed by atoms with Crippen molar-refractivity contribution in [2.45, 2.75) is 0 Å². The van der Waals surface area contributed by atoms with Crippen molar-refractivity contribution >= 4 is 18.1 Å². The van der Waals surface area contributed by atoms with Gasteiger partial charge in [0.25, 0.3) is 5.91 Å². The summed E-state index contributed by atoms with van der Waals surface area (Å²) in [6.45, 7) is 0. The summed E-state index contributed by atoms with van der Waals surface area (Å²) in [7, 11) is 2.93. The molecule has 0 fully saturated rings. The normalized spacial score (nSPS) is 10.8. The Kier molecular flexibility index (Phi) is 6.78. The minimum absolute atomic E-state index is 0.329. The van der Waals surface area contributed by atoms with Gasteiger partial charge < -0.3 is 9.47 Å². The Bertz CT molecular complexity index is 1310. The molecule has 1 aromatic heterocycles. The average Bonchev–Trinajstić information content (AvgIpc) is 3.35. The van der Waals surface area contributed by atoms with Crippen molar-refractivity contribution in [2.24, 2.45) is 5.10 Å². The average molecular weight is 454 g/mol. The van der Waals surface area contributed by atoms with Crippen LogP contribution >= 0.6 is 0 Å². The number of benzene rings is 3. The molecule has 0 aliphatic carbocycles. The van der Waals surface area contributed by atoms with Crippen LogP contribution in [0.2, 0.25) is 0 Å². The quantitative estimate of drug-likeness (QED) is 0.258. The largest absolute Gasteiger partial charge is 0.497 e. The van der Waals surface area contributed by atoms with E-state index < -0.39 is 11.9 Å². The first kappa shape index (κ1) is 22.5. The highest BCUT2D eigenvalue weighted by molar-refractivity contribution is 5.95. The number of nitrogens with zero attached hydrogens (tertiary/aromatic N) is 3. The summed E-state index contributed by atoms with van der Waals surface area (Å²) in [6.07, 6.45) is 1.49. The van der Waals surface area contributed by atoms with E-state index in [1.165, 1.54) is 13.3 Å². The molecule has 8 nitrogen and oxygen atoms in total. The second-order valence-corrected chi connectivity index (χ2v) is 7.20. The van der Waals surface area contributed by atoms with E-state index in [9.17, 15) is 9.59 Å². The zero-order valence-electron chi connectivity index (χ0n) is 18.6. The maximum Gasteiger partial charge on any atom is 0.337 e. The summed E-state index contributed by atoms with van der Waals surface area (Å²) in [6, 6.07) is 25.2. The first-order chi connectivity index (χ1) is 16.6. The fourth-order valence-corrected chi connectivity index (χ4v) is 3.26. The topological polar surface area (TPSA) is 94.8 Å². The van der Waals surface area contributed by atoms with Crippen LogP contribution < -0.4 is 10.2 Å². The lowest BCUT2D eigenvalue weighted by Gasteiger charge is -2.06. The van der Waals surface area contributed by atoms with Crippen LogP contribution in [0, 0.1) is 0 Å². The van der Waals surface area contributed by atoms with Gasteiger partial charge in [0, 0.05) is 5.56 Å². The van der Waals surface area contributed by atoms with E-state index >= 15 is 0 Å². The SMILES string of the molecule is COC(=O)c1ccc(C=NNC(=O)c2cc(-c3ccc(OC)cc3)nn2-c2ccccc2)cc1. The molecule has 3 aromatic carbocycles. The lowest BCUT2D eigenvalue weighted by atomic mass is 10.1. The molecule has 4 aromatic rings. The van der Waals surface area contributed by atoms with Gasteiger partial charge in [-0.05, 0) is 60.2 Å². The molecule has 1 amide bonds. The van der Waals surface area contributed by atoms with Gasteiger partial charge in [-0.3, -0.25) is 4.79 Å². The highest BCUT2D eigenvalue weighted by atomic mass is 16.5. The highest BCUT2D eigenvalue weighted by Crippen LogP contribution is 2.24. The van der Waals surface area contributed by atoms with E-state index in [-0.39, 0.29) is 0 Å².